The number of rotatable bonds is 6. The summed E-state index contributed by atoms with van der Waals surface area (Å²) in [5, 5.41) is 4.99. The van der Waals surface area contributed by atoms with E-state index in [4.69, 9.17) is 0 Å². The number of allylic oxidation sites excluding steroid dienone is 1. The second-order valence-electron chi connectivity index (χ2n) is 11.2. The van der Waals surface area contributed by atoms with Crippen LogP contribution in [0.5, 0.6) is 0 Å². The number of benzene rings is 1. The fraction of sp³-hybridized carbons (Fsp3) is 0.519. The molecule has 1 N–H and O–H groups in total. The second-order valence-corrected chi connectivity index (χ2v) is 16.2. The van der Waals surface area contributed by atoms with Gasteiger partial charge in [-0.2, -0.15) is 4.57 Å². The van der Waals surface area contributed by atoms with Gasteiger partial charge in [-0.15, -0.1) is 0 Å². The lowest BCUT2D eigenvalue weighted by atomic mass is 9.78. The molecule has 0 spiro atoms. The van der Waals surface area contributed by atoms with Gasteiger partial charge in [0.1, 0.15) is 0 Å². The van der Waals surface area contributed by atoms with E-state index in [0.717, 1.165) is 12.1 Å². The van der Waals surface area contributed by atoms with E-state index in [0.29, 0.717) is 5.92 Å². The van der Waals surface area contributed by atoms with Crippen molar-refractivity contribution in [1.82, 2.24) is 5.32 Å². The third-order valence-electron chi connectivity index (χ3n) is 6.33. The molecule has 0 saturated carbocycles. The van der Waals surface area contributed by atoms with Crippen molar-refractivity contribution >= 4 is 13.3 Å². The number of likely N-dealkylation sites (N-methyl/N-ethyl adjacent to an activating group) is 1. The van der Waals surface area contributed by atoms with Crippen LogP contribution < -0.4 is 15.1 Å². The Morgan fingerprint density at radius 3 is 2.40 bits per heavy atom. The minimum Gasteiger partial charge on any atom is -0.387 e. The third-order valence-corrected chi connectivity index (χ3v) is 8.39. The molecule has 2 nitrogen and oxygen atoms in total. The van der Waals surface area contributed by atoms with Crippen LogP contribution in [0.3, 0.4) is 0 Å². The average molecular weight is 422 g/mol. The summed E-state index contributed by atoms with van der Waals surface area (Å²) in [5.41, 5.74) is 7.13. The molecule has 0 radical (unpaired) electrons. The zero-order valence-electron chi connectivity index (χ0n) is 20.4. The molecule has 30 heavy (non-hydrogen) atoms. The zero-order chi connectivity index (χ0) is 22.3. The molecule has 3 heteroatoms. The molecular formula is C27H41N2Si+. The highest BCUT2D eigenvalue weighted by molar-refractivity contribution is 6.89. The van der Waals surface area contributed by atoms with E-state index in [1.165, 1.54) is 35.2 Å². The molecule has 2 aromatic rings. The van der Waals surface area contributed by atoms with Crippen LogP contribution in [0.4, 0.5) is 0 Å². The Balaban J connectivity index is 2.35. The van der Waals surface area contributed by atoms with Crippen LogP contribution in [0, 0.1) is 5.41 Å². The monoisotopic (exact) mass is 421 g/mol. The van der Waals surface area contributed by atoms with Crippen LogP contribution in [0.15, 0.2) is 48.8 Å². The number of nitrogens with one attached hydrogen (secondary N) is 1. The van der Waals surface area contributed by atoms with Crippen LogP contribution in [-0.4, -0.2) is 15.1 Å². The topological polar surface area (TPSA) is 15.9 Å². The first-order chi connectivity index (χ1) is 14.0. The van der Waals surface area contributed by atoms with Crippen LogP contribution in [0.25, 0.3) is 11.3 Å². The van der Waals surface area contributed by atoms with Crippen molar-refractivity contribution in [3.8, 4) is 11.3 Å². The van der Waals surface area contributed by atoms with Crippen molar-refractivity contribution in [1.29, 1.82) is 0 Å². The van der Waals surface area contributed by atoms with Gasteiger partial charge in [0, 0.05) is 23.9 Å². The highest BCUT2D eigenvalue weighted by Crippen LogP contribution is 2.42. The van der Waals surface area contributed by atoms with E-state index in [2.05, 4.69) is 100 Å². The fourth-order valence-electron chi connectivity index (χ4n) is 5.05. The molecule has 2 atom stereocenters. The Morgan fingerprint density at radius 1 is 1.17 bits per heavy atom. The predicted octanol–water partition coefficient (Wildman–Crippen LogP) is 5.95. The normalized spacial score (nSPS) is 18.5. The molecular weight excluding hydrogens is 380 g/mol. The third kappa shape index (κ3) is 4.41. The summed E-state index contributed by atoms with van der Waals surface area (Å²) in [7, 11) is 0.499. The van der Waals surface area contributed by atoms with Gasteiger partial charge < -0.3 is 5.32 Å². The average Bonchev–Trinajstić information content (AvgIpc) is 2.65. The van der Waals surface area contributed by atoms with E-state index >= 15 is 0 Å². The Morgan fingerprint density at radius 2 is 1.83 bits per heavy atom. The number of aromatic nitrogens is 1. The smallest absolute Gasteiger partial charge is 0.213 e. The van der Waals surface area contributed by atoms with E-state index in [9.17, 15) is 0 Å². The van der Waals surface area contributed by atoms with E-state index < -0.39 is 8.07 Å². The summed E-state index contributed by atoms with van der Waals surface area (Å²) >= 11 is 0. The molecule has 2 heterocycles. The molecule has 1 aliphatic rings. The summed E-state index contributed by atoms with van der Waals surface area (Å²) in [5.74, 6) is 0.451. The van der Waals surface area contributed by atoms with Crippen molar-refractivity contribution in [2.75, 3.05) is 7.05 Å². The summed E-state index contributed by atoms with van der Waals surface area (Å²) in [6.07, 6.45) is 5.96. The Bertz CT molecular complexity index is 931. The Kier molecular flexibility index (Phi) is 6.34. The Labute approximate surface area is 185 Å². The number of pyridine rings is 1. The standard InChI is InChI=1S/C27H41N2Si/c1-10-13-23-21-14-11-12-15-22(21)24-16-20(17-27(3,4)5)25(30(7,8)9)18-29(24)26(23)19(2)28-6/h11-12,14-16,18,23,26,28H,2,10,13,17H2,1,3-9H3/q+1. The Hall–Kier alpha value is -1.87. The van der Waals surface area contributed by atoms with Gasteiger partial charge >= 0.3 is 0 Å². The van der Waals surface area contributed by atoms with Crippen LogP contribution in [0.2, 0.25) is 19.6 Å². The molecule has 1 aromatic carbocycles. The molecule has 0 aliphatic carbocycles. The highest BCUT2D eigenvalue weighted by Gasteiger charge is 2.42. The van der Waals surface area contributed by atoms with Gasteiger partial charge in [0.2, 0.25) is 11.7 Å². The predicted molar refractivity (Wildman–Crippen MR) is 133 cm³/mol. The maximum Gasteiger partial charge on any atom is 0.213 e. The molecule has 0 fully saturated rings. The minimum absolute atomic E-state index is 0.249. The molecule has 3 rings (SSSR count). The summed E-state index contributed by atoms with van der Waals surface area (Å²) in [4.78, 5) is 0. The van der Waals surface area contributed by atoms with Crippen molar-refractivity contribution in [3.05, 3.63) is 59.9 Å². The van der Waals surface area contributed by atoms with Crippen LogP contribution in [-0.2, 0) is 6.42 Å². The summed E-state index contributed by atoms with van der Waals surface area (Å²) in [6, 6.07) is 11.8. The summed E-state index contributed by atoms with van der Waals surface area (Å²) < 4.78 is 2.56. The van der Waals surface area contributed by atoms with Crippen LogP contribution in [0.1, 0.15) is 63.6 Å². The SMILES string of the molecule is C=C(NC)C1C(CCC)c2ccccc2-c2cc(CC(C)(C)C)c([Si](C)(C)C)c[n+]21. The van der Waals surface area contributed by atoms with Gasteiger partial charge in [-0.25, -0.2) is 0 Å². The molecule has 1 aromatic heterocycles. The van der Waals surface area contributed by atoms with Gasteiger partial charge in [0.15, 0.2) is 6.20 Å². The maximum atomic E-state index is 4.45. The first-order valence-electron chi connectivity index (χ1n) is 11.5. The van der Waals surface area contributed by atoms with Crippen molar-refractivity contribution in [3.63, 3.8) is 0 Å². The molecule has 2 unspecified atom stereocenters. The lowest BCUT2D eigenvalue weighted by Gasteiger charge is -2.33. The first-order valence-corrected chi connectivity index (χ1v) is 15.0. The van der Waals surface area contributed by atoms with Gasteiger partial charge in [-0.05, 0) is 35.4 Å². The number of hydrogen-bond acceptors (Lipinski definition) is 1. The van der Waals surface area contributed by atoms with E-state index in [1.54, 1.807) is 5.19 Å². The van der Waals surface area contributed by atoms with Crippen molar-refractivity contribution in [2.24, 2.45) is 5.41 Å². The van der Waals surface area contributed by atoms with Gasteiger partial charge in [0.25, 0.3) is 0 Å². The molecule has 0 amide bonds. The lowest BCUT2D eigenvalue weighted by Crippen LogP contribution is -2.55. The first kappa shape index (κ1) is 22.8. The molecule has 162 valence electrons. The molecule has 0 bridgehead atoms. The van der Waals surface area contributed by atoms with Gasteiger partial charge in [-0.1, -0.05) is 78.5 Å². The number of fused-ring (bicyclic) bond motifs is 3. The number of nitrogens with zero attached hydrogens (tertiary/aromatic N) is 1. The lowest BCUT2D eigenvalue weighted by molar-refractivity contribution is -0.709. The quantitative estimate of drug-likeness (QED) is 0.450. The maximum absolute atomic E-state index is 4.45. The van der Waals surface area contributed by atoms with Crippen molar-refractivity contribution < 1.29 is 4.57 Å². The van der Waals surface area contributed by atoms with Gasteiger partial charge in [-0.3, -0.25) is 0 Å². The number of hydrogen-bond donors (Lipinski definition) is 1. The largest absolute Gasteiger partial charge is 0.387 e. The van der Waals surface area contributed by atoms with Gasteiger partial charge in [0.05, 0.1) is 19.7 Å². The summed E-state index contributed by atoms with van der Waals surface area (Å²) in [6.45, 7) is 21.2. The van der Waals surface area contributed by atoms with Crippen LogP contribution >= 0.6 is 0 Å². The van der Waals surface area contributed by atoms with E-state index in [-0.39, 0.29) is 11.5 Å². The minimum atomic E-state index is -1.51. The second kappa shape index (κ2) is 8.34. The van der Waals surface area contributed by atoms with E-state index in [1.807, 2.05) is 7.05 Å². The fourth-order valence-corrected chi connectivity index (χ4v) is 6.70. The zero-order valence-corrected chi connectivity index (χ0v) is 21.4. The highest BCUT2D eigenvalue weighted by atomic mass is 28.3. The molecule has 0 saturated heterocycles. The van der Waals surface area contributed by atoms with Crippen molar-refractivity contribution in [2.45, 2.75) is 78.6 Å². The molecule has 1 aliphatic heterocycles.